The van der Waals surface area contributed by atoms with Gasteiger partial charge in [0.15, 0.2) is 5.82 Å². The lowest BCUT2D eigenvalue weighted by Gasteiger charge is -2.37. The summed E-state index contributed by atoms with van der Waals surface area (Å²) in [5, 5.41) is 8.12. The Bertz CT molecular complexity index is 592. The minimum Gasteiger partial charge on any atom is -0.338 e. The van der Waals surface area contributed by atoms with Crippen LogP contribution in [0.2, 0.25) is 0 Å². The van der Waals surface area contributed by atoms with Gasteiger partial charge in [-0.2, -0.15) is 10.1 Å². The third-order valence-corrected chi connectivity index (χ3v) is 4.17. The Morgan fingerprint density at radius 3 is 2.86 bits per heavy atom. The maximum absolute atomic E-state index is 5.35. The monoisotopic (exact) mass is 290 g/mol. The summed E-state index contributed by atoms with van der Waals surface area (Å²) in [5.74, 6) is 1.42. The highest BCUT2D eigenvalue weighted by Gasteiger charge is 2.29. The topological polar surface area (TPSA) is 63.2 Å². The molecule has 0 aliphatic carbocycles. The van der Waals surface area contributed by atoms with Gasteiger partial charge in [-0.25, -0.2) is 0 Å². The molecular formula is C14H22N6O. The van der Waals surface area contributed by atoms with Crippen molar-refractivity contribution < 1.29 is 4.52 Å². The minimum absolute atomic E-state index is 0.187. The molecule has 0 bridgehead atoms. The fourth-order valence-electron chi connectivity index (χ4n) is 2.77. The van der Waals surface area contributed by atoms with Crippen molar-refractivity contribution >= 4 is 0 Å². The fourth-order valence-corrected chi connectivity index (χ4v) is 2.77. The van der Waals surface area contributed by atoms with Gasteiger partial charge < -0.3 is 4.52 Å². The first-order valence-electron chi connectivity index (χ1n) is 7.33. The normalized spacial score (nSPS) is 21.0. The third-order valence-electron chi connectivity index (χ3n) is 4.17. The summed E-state index contributed by atoms with van der Waals surface area (Å²) in [6.07, 6.45) is 2.86. The highest BCUT2D eigenvalue weighted by Crippen LogP contribution is 2.22. The molecule has 2 aromatic heterocycles. The van der Waals surface area contributed by atoms with E-state index in [1.165, 1.54) is 5.69 Å². The number of rotatable bonds is 4. The van der Waals surface area contributed by atoms with Crippen molar-refractivity contribution in [3.8, 4) is 0 Å². The summed E-state index contributed by atoms with van der Waals surface area (Å²) < 4.78 is 7.29. The van der Waals surface area contributed by atoms with E-state index in [1.54, 1.807) is 0 Å². The van der Waals surface area contributed by atoms with Crippen LogP contribution >= 0.6 is 0 Å². The third kappa shape index (κ3) is 3.14. The van der Waals surface area contributed by atoms with Crippen LogP contribution in [0.25, 0.3) is 0 Å². The van der Waals surface area contributed by atoms with Gasteiger partial charge in [-0.05, 0) is 20.0 Å². The van der Waals surface area contributed by atoms with Crippen LogP contribution in [-0.4, -0.2) is 62.9 Å². The van der Waals surface area contributed by atoms with Crippen molar-refractivity contribution in [1.29, 1.82) is 0 Å². The van der Waals surface area contributed by atoms with Crippen LogP contribution in [0, 0.1) is 6.92 Å². The van der Waals surface area contributed by atoms with Crippen LogP contribution in [0.3, 0.4) is 0 Å². The van der Waals surface area contributed by atoms with Crippen molar-refractivity contribution in [2.24, 2.45) is 7.05 Å². The zero-order valence-corrected chi connectivity index (χ0v) is 12.9. The highest BCUT2D eigenvalue weighted by molar-refractivity contribution is 5.01. The smallest absolute Gasteiger partial charge is 0.245 e. The van der Waals surface area contributed by atoms with Crippen LogP contribution in [0.5, 0.6) is 0 Å². The van der Waals surface area contributed by atoms with Gasteiger partial charge in [0.2, 0.25) is 5.89 Å². The standard InChI is InChI=1S/C14H22N6O/c1-11-16-14(21-17-11)13-10-20(9-8-18(13)2)7-5-12-4-6-15-19(12)3/h4,6,13H,5,7-10H2,1-3H3/t13-/m1/s1. The predicted molar refractivity (Wildman–Crippen MR) is 77.8 cm³/mol. The molecule has 1 aliphatic heterocycles. The summed E-state index contributed by atoms with van der Waals surface area (Å²) in [6, 6.07) is 2.26. The Labute approximate surface area is 124 Å². The average molecular weight is 290 g/mol. The summed E-state index contributed by atoms with van der Waals surface area (Å²) in [7, 11) is 4.10. The minimum atomic E-state index is 0.187. The first-order valence-corrected chi connectivity index (χ1v) is 7.33. The molecule has 1 atom stereocenters. The molecule has 0 saturated carbocycles. The number of nitrogens with zero attached hydrogens (tertiary/aromatic N) is 6. The molecule has 7 heteroatoms. The zero-order valence-electron chi connectivity index (χ0n) is 12.9. The van der Waals surface area contributed by atoms with Crippen molar-refractivity contribution in [3.63, 3.8) is 0 Å². The first-order chi connectivity index (χ1) is 10.1. The molecule has 0 aromatic carbocycles. The maximum Gasteiger partial charge on any atom is 0.245 e. The number of hydrogen-bond donors (Lipinski definition) is 0. The van der Waals surface area contributed by atoms with E-state index < -0.39 is 0 Å². The van der Waals surface area contributed by atoms with Gasteiger partial charge in [0.25, 0.3) is 0 Å². The molecule has 0 amide bonds. The van der Waals surface area contributed by atoms with Crippen LogP contribution in [0.4, 0.5) is 0 Å². The molecule has 1 aliphatic rings. The summed E-state index contributed by atoms with van der Waals surface area (Å²) in [4.78, 5) is 9.12. The number of likely N-dealkylation sites (N-methyl/N-ethyl adjacent to an activating group) is 1. The molecule has 1 saturated heterocycles. The molecule has 0 radical (unpaired) electrons. The molecular weight excluding hydrogens is 268 g/mol. The maximum atomic E-state index is 5.35. The second-order valence-electron chi connectivity index (χ2n) is 5.67. The van der Waals surface area contributed by atoms with E-state index in [0.29, 0.717) is 5.82 Å². The molecule has 3 rings (SSSR count). The lowest BCUT2D eigenvalue weighted by Crippen LogP contribution is -2.47. The van der Waals surface area contributed by atoms with Gasteiger partial charge in [-0.15, -0.1) is 0 Å². The second kappa shape index (κ2) is 5.95. The van der Waals surface area contributed by atoms with E-state index in [4.69, 9.17) is 4.52 Å². The molecule has 114 valence electrons. The Morgan fingerprint density at radius 2 is 2.19 bits per heavy atom. The second-order valence-corrected chi connectivity index (χ2v) is 5.67. The van der Waals surface area contributed by atoms with E-state index in [-0.39, 0.29) is 6.04 Å². The Balaban J connectivity index is 1.61. The van der Waals surface area contributed by atoms with E-state index in [2.05, 4.69) is 38.2 Å². The van der Waals surface area contributed by atoms with Crippen LogP contribution in [-0.2, 0) is 13.5 Å². The van der Waals surface area contributed by atoms with Gasteiger partial charge in [-0.3, -0.25) is 14.5 Å². The molecule has 0 unspecified atom stereocenters. The number of aryl methyl sites for hydroxylation is 2. The molecule has 1 fully saturated rings. The summed E-state index contributed by atoms with van der Waals surface area (Å²) >= 11 is 0. The Kier molecular flexibility index (Phi) is 4.03. The van der Waals surface area contributed by atoms with E-state index in [0.717, 1.165) is 38.5 Å². The molecule has 0 N–H and O–H groups in total. The Hall–Kier alpha value is -1.73. The van der Waals surface area contributed by atoms with Gasteiger partial charge in [0, 0.05) is 51.5 Å². The number of piperazine rings is 1. The van der Waals surface area contributed by atoms with Gasteiger partial charge >= 0.3 is 0 Å². The lowest BCUT2D eigenvalue weighted by atomic mass is 10.1. The largest absolute Gasteiger partial charge is 0.338 e. The average Bonchev–Trinajstić information content (AvgIpc) is 3.07. The highest BCUT2D eigenvalue weighted by atomic mass is 16.5. The number of hydrogen-bond acceptors (Lipinski definition) is 6. The summed E-state index contributed by atoms with van der Waals surface area (Å²) in [6.45, 7) is 5.89. The predicted octanol–water partition coefficient (Wildman–Crippen LogP) is 0.643. The molecule has 2 aromatic rings. The van der Waals surface area contributed by atoms with Crippen LogP contribution in [0.15, 0.2) is 16.8 Å². The lowest BCUT2D eigenvalue weighted by molar-refractivity contribution is 0.0764. The molecule has 0 spiro atoms. The fraction of sp³-hybridized carbons (Fsp3) is 0.643. The van der Waals surface area contributed by atoms with Gasteiger partial charge in [0.05, 0.1) is 0 Å². The summed E-state index contributed by atoms with van der Waals surface area (Å²) in [5.41, 5.74) is 1.26. The van der Waals surface area contributed by atoms with Crippen LogP contribution < -0.4 is 0 Å². The molecule has 7 nitrogen and oxygen atoms in total. The van der Waals surface area contributed by atoms with Crippen molar-refractivity contribution in [1.82, 2.24) is 29.7 Å². The zero-order chi connectivity index (χ0) is 14.8. The Morgan fingerprint density at radius 1 is 1.33 bits per heavy atom. The van der Waals surface area contributed by atoms with Gasteiger partial charge in [-0.1, -0.05) is 5.16 Å². The number of aromatic nitrogens is 4. The van der Waals surface area contributed by atoms with Crippen LogP contribution in [0.1, 0.15) is 23.5 Å². The quantitative estimate of drug-likeness (QED) is 0.823. The van der Waals surface area contributed by atoms with Crippen molar-refractivity contribution in [2.45, 2.75) is 19.4 Å². The van der Waals surface area contributed by atoms with Crippen molar-refractivity contribution in [2.75, 3.05) is 33.2 Å². The molecule has 3 heterocycles. The van der Waals surface area contributed by atoms with E-state index in [9.17, 15) is 0 Å². The molecule has 21 heavy (non-hydrogen) atoms. The van der Waals surface area contributed by atoms with E-state index >= 15 is 0 Å². The first kappa shape index (κ1) is 14.2. The van der Waals surface area contributed by atoms with E-state index in [1.807, 2.05) is 24.9 Å². The van der Waals surface area contributed by atoms with Gasteiger partial charge in [0.1, 0.15) is 6.04 Å². The SMILES string of the molecule is Cc1noc([C@H]2CN(CCc3ccnn3C)CCN2C)n1. The van der Waals surface area contributed by atoms with Crippen molar-refractivity contribution in [3.05, 3.63) is 29.7 Å².